The van der Waals surface area contributed by atoms with Crippen LogP contribution in [0.2, 0.25) is 10.0 Å². The second-order valence-corrected chi connectivity index (χ2v) is 6.38. The molecule has 0 atom stereocenters. The van der Waals surface area contributed by atoms with E-state index < -0.39 is 10.0 Å². The van der Waals surface area contributed by atoms with Crippen molar-refractivity contribution in [2.45, 2.75) is 11.3 Å². The molecule has 0 aliphatic heterocycles. The highest BCUT2D eigenvalue weighted by Crippen LogP contribution is 2.32. The minimum absolute atomic E-state index is 0.0301. The number of aliphatic hydroxyl groups excluding tert-OH is 1. The van der Waals surface area contributed by atoms with Crippen molar-refractivity contribution in [3.8, 4) is 0 Å². The van der Waals surface area contributed by atoms with Crippen LogP contribution in [0, 0.1) is 0 Å². The molecule has 0 aliphatic rings. The lowest BCUT2D eigenvalue weighted by atomic mass is 10.3. The highest BCUT2D eigenvalue weighted by molar-refractivity contribution is 7.89. The van der Waals surface area contributed by atoms with E-state index in [1.165, 1.54) is 12.1 Å². The first-order chi connectivity index (χ1) is 9.40. The molecule has 0 aromatic heterocycles. The van der Waals surface area contributed by atoms with Crippen molar-refractivity contribution < 1.29 is 18.3 Å². The molecule has 0 radical (unpaired) electrons. The Hall–Kier alpha value is -0.570. The Morgan fingerprint density at radius 3 is 2.65 bits per heavy atom. The van der Waals surface area contributed by atoms with Crippen molar-refractivity contribution in [3.05, 3.63) is 22.2 Å². The van der Waals surface area contributed by atoms with E-state index >= 15 is 0 Å². The zero-order chi connectivity index (χ0) is 15.2. The zero-order valence-corrected chi connectivity index (χ0v) is 12.9. The van der Waals surface area contributed by atoms with Gasteiger partial charge in [-0.25, -0.2) is 13.1 Å². The number of sulfonamides is 1. The summed E-state index contributed by atoms with van der Waals surface area (Å²) in [4.78, 5) is -0.114. The average molecular weight is 343 g/mol. The molecule has 0 aliphatic carbocycles. The maximum absolute atomic E-state index is 12.0. The largest absolute Gasteiger partial charge is 0.396 e. The first-order valence-corrected chi connectivity index (χ1v) is 8.06. The molecule has 20 heavy (non-hydrogen) atoms. The summed E-state index contributed by atoms with van der Waals surface area (Å²) in [7, 11) is -3.75. The minimum Gasteiger partial charge on any atom is -0.396 e. The number of ether oxygens (including phenoxy) is 1. The van der Waals surface area contributed by atoms with Crippen LogP contribution in [0.25, 0.3) is 0 Å². The predicted molar refractivity (Wildman–Crippen MR) is 78.6 cm³/mol. The molecule has 0 spiro atoms. The standard InChI is InChI=1S/C11H16Cl2N2O4S/c12-8-2-3-9(10(13)11(8)14)20(17,18)15-4-1-6-19-7-5-16/h2-3,15-16H,1,4-7,14H2. The van der Waals surface area contributed by atoms with Crippen LogP contribution in [0.3, 0.4) is 0 Å². The second kappa shape index (κ2) is 8.02. The predicted octanol–water partition coefficient (Wildman–Crippen LogP) is 1.25. The van der Waals surface area contributed by atoms with Gasteiger partial charge in [0.15, 0.2) is 0 Å². The number of rotatable bonds is 8. The molecule has 0 saturated carbocycles. The first-order valence-electron chi connectivity index (χ1n) is 5.82. The summed E-state index contributed by atoms with van der Waals surface area (Å²) in [5.74, 6) is 0. The molecule has 0 amide bonds. The number of nitrogens with two attached hydrogens (primary N) is 1. The summed E-state index contributed by atoms with van der Waals surface area (Å²) in [6.45, 7) is 0.698. The van der Waals surface area contributed by atoms with Gasteiger partial charge in [-0.05, 0) is 18.6 Å². The number of hydrogen-bond acceptors (Lipinski definition) is 5. The normalized spacial score (nSPS) is 11.8. The lowest BCUT2D eigenvalue weighted by molar-refractivity contribution is 0.0913. The average Bonchev–Trinajstić information content (AvgIpc) is 2.39. The van der Waals surface area contributed by atoms with E-state index in [2.05, 4.69) is 4.72 Å². The van der Waals surface area contributed by atoms with Crippen LogP contribution in [0.5, 0.6) is 0 Å². The van der Waals surface area contributed by atoms with Crippen molar-refractivity contribution >= 4 is 38.9 Å². The van der Waals surface area contributed by atoms with Gasteiger partial charge in [-0.1, -0.05) is 23.2 Å². The fourth-order valence-corrected chi connectivity index (χ4v) is 3.22. The van der Waals surface area contributed by atoms with Gasteiger partial charge in [0.2, 0.25) is 10.0 Å². The molecule has 0 unspecified atom stereocenters. The van der Waals surface area contributed by atoms with E-state index in [0.717, 1.165) is 0 Å². The van der Waals surface area contributed by atoms with Crippen LogP contribution in [0.15, 0.2) is 17.0 Å². The molecule has 0 heterocycles. The van der Waals surface area contributed by atoms with Gasteiger partial charge in [0.1, 0.15) is 4.90 Å². The van der Waals surface area contributed by atoms with Crippen LogP contribution in [-0.2, 0) is 14.8 Å². The highest BCUT2D eigenvalue weighted by atomic mass is 35.5. The van der Waals surface area contributed by atoms with Crippen molar-refractivity contribution in [2.75, 3.05) is 32.1 Å². The topological polar surface area (TPSA) is 102 Å². The van der Waals surface area contributed by atoms with Gasteiger partial charge in [-0.2, -0.15) is 0 Å². The number of halogens is 2. The lowest BCUT2D eigenvalue weighted by Gasteiger charge is -2.10. The number of hydrogen-bond donors (Lipinski definition) is 3. The second-order valence-electron chi connectivity index (χ2n) is 3.86. The minimum atomic E-state index is -3.75. The van der Waals surface area contributed by atoms with Crippen LogP contribution >= 0.6 is 23.2 Å². The molecule has 0 saturated heterocycles. The van der Waals surface area contributed by atoms with Crippen molar-refractivity contribution in [1.82, 2.24) is 4.72 Å². The van der Waals surface area contributed by atoms with E-state index in [0.29, 0.717) is 13.0 Å². The Labute approximate surface area is 127 Å². The number of anilines is 1. The third-order valence-corrected chi connectivity index (χ3v) is 4.73. The van der Waals surface area contributed by atoms with Crippen LogP contribution in [0.4, 0.5) is 5.69 Å². The Morgan fingerprint density at radius 1 is 1.30 bits per heavy atom. The summed E-state index contributed by atoms with van der Waals surface area (Å²) in [6.07, 6.45) is 0.472. The zero-order valence-electron chi connectivity index (χ0n) is 10.6. The van der Waals surface area contributed by atoms with Gasteiger partial charge in [0, 0.05) is 13.2 Å². The number of nitrogens with one attached hydrogen (secondary N) is 1. The van der Waals surface area contributed by atoms with Gasteiger partial charge in [0.25, 0.3) is 0 Å². The molecule has 0 fully saturated rings. The molecule has 1 rings (SSSR count). The molecular formula is C11H16Cl2N2O4S. The SMILES string of the molecule is Nc1c(Cl)ccc(S(=O)(=O)NCCCOCCO)c1Cl. The van der Waals surface area contributed by atoms with Gasteiger partial charge < -0.3 is 15.6 Å². The van der Waals surface area contributed by atoms with Gasteiger partial charge >= 0.3 is 0 Å². The Balaban J connectivity index is 2.63. The first kappa shape index (κ1) is 17.5. The third kappa shape index (κ3) is 4.76. The van der Waals surface area contributed by atoms with E-state index in [9.17, 15) is 8.42 Å². The Kier molecular flexibility index (Phi) is 7.01. The fourth-order valence-electron chi connectivity index (χ4n) is 1.38. The molecule has 4 N–H and O–H groups in total. The molecule has 0 bridgehead atoms. The highest BCUT2D eigenvalue weighted by Gasteiger charge is 2.20. The molecule has 9 heteroatoms. The molecular weight excluding hydrogens is 327 g/mol. The maximum Gasteiger partial charge on any atom is 0.242 e. The van der Waals surface area contributed by atoms with E-state index in [1.54, 1.807) is 0 Å². The quantitative estimate of drug-likeness (QED) is 0.487. The fraction of sp³-hybridized carbons (Fsp3) is 0.455. The smallest absolute Gasteiger partial charge is 0.242 e. The number of benzene rings is 1. The van der Waals surface area contributed by atoms with E-state index in [1.807, 2.05) is 0 Å². The van der Waals surface area contributed by atoms with E-state index in [-0.39, 0.29) is 40.4 Å². The van der Waals surface area contributed by atoms with Crippen molar-refractivity contribution in [3.63, 3.8) is 0 Å². The molecule has 1 aromatic carbocycles. The summed E-state index contributed by atoms with van der Waals surface area (Å²) in [6, 6.07) is 2.67. The van der Waals surface area contributed by atoms with Crippen LogP contribution < -0.4 is 10.5 Å². The van der Waals surface area contributed by atoms with Crippen LogP contribution in [0.1, 0.15) is 6.42 Å². The molecule has 6 nitrogen and oxygen atoms in total. The lowest BCUT2D eigenvalue weighted by Crippen LogP contribution is -2.26. The van der Waals surface area contributed by atoms with Crippen LogP contribution in [-0.4, -0.2) is 39.9 Å². The van der Waals surface area contributed by atoms with Gasteiger partial charge in [-0.3, -0.25) is 0 Å². The molecule has 114 valence electrons. The Bertz CT molecular complexity index is 552. The van der Waals surface area contributed by atoms with Crippen molar-refractivity contribution in [2.24, 2.45) is 0 Å². The monoisotopic (exact) mass is 342 g/mol. The number of nitrogen functional groups attached to an aromatic ring is 1. The summed E-state index contributed by atoms with van der Waals surface area (Å²) in [5.41, 5.74) is 5.62. The summed E-state index contributed by atoms with van der Waals surface area (Å²) >= 11 is 11.6. The van der Waals surface area contributed by atoms with Gasteiger partial charge in [-0.15, -0.1) is 0 Å². The summed E-state index contributed by atoms with van der Waals surface area (Å²) < 4.78 is 31.5. The third-order valence-electron chi connectivity index (χ3n) is 2.37. The Morgan fingerprint density at radius 2 is 2.00 bits per heavy atom. The van der Waals surface area contributed by atoms with E-state index in [4.69, 9.17) is 38.8 Å². The van der Waals surface area contributed by atoms with Gasteiger partial charge in [0.05, 0.1) is 28.9 Å². The molecule has 1 aromatic rings. The summed E-state index contributed by atoms with van der Waals surface area (Å²) in [5, 5.41) is 8.61. The van der Waals surface area contributed by atoms with Crippen molar-refractivity contribution in [1.29, 1.82) is 0 Å². The maximum atomic E-state index is 12.0. The number of aliphatic hydroxyl groups is 1.